The molecule has 1 aliphatic heterocycles. The molecule has 2 heterocycles. The molecule has 4 rings (SSSR count). The van der Waals surface area contributed by atoms with Gasteiger partial charge in [0, 0.05) is 53.4 Å². The minimum atomic E-state index is -1.01. The third-order valence-corrected chi connectivity index (χ3v) is 6.61. The number of benzene rings is 2. The van der Waals surface area contributed by atoms with Crippen molar-refractivity contribution in [3.05, 3.63) is 101 Å². The predicted molar refractivity (Wildman–Crippen MR) is 123 cm³/mol. The maximum absolute atomic E-state index is 13.2. The van der Waals surface area contributed by atoms with Gasteiger partial charge >= 0.3 is 0 Å². The monoisotopic (exact) mass is 434 g/mol. The number of carbonyl (C=O) groups is 1. The summed E-state index contributed by atoms with van der Waals surface area (Å²) in [5.41, 5.74) is 4.04. The topological polar surface area (TPSA) is 62.5 Å². The van der Waals surface area contributed by atoms with E-state index in [2.05, 4.69) is 0 Å². The highest BCUT2D eigenvalue weighted by atomic mass is 32.2. The summed E-state index contributed by atoms with van der Waals surface area (Å²) >= 11 is 0. The molecule has 0 aliphatic carbocycles. The fourth-order valence-corrected chi connectivity index (χ4v) is 4.95. The van der Waals surface area contributed by atoms with Crippen LogP contribution in [0.2, 0.25) is 0 Å². The molecule has 1 amide bonds. The Balaban J connectivity index is 1.49. The van der Waals surface area contributed by atoms with Gasteiger partial charge in [-0.3, -0.25) is 9.00 Å². The second-order valence-corrected chi connectivity index (χ2v) is 9.00. The van der Waals surface area contributed by atoms with Crippen LogP contribution in [-0.4, -0.2) is 43.1 Å². The van der Waals surface area contributed by atoms with Crippen molar-refractivity contribution in [1.29, 1.82) is 0 Å². The van der Waals surface area contributed by atoms with Gasteiger partial charge in [-0.1, -0.05) is 48.5 Å². The van der Waals surface area contributed by atoms with Crippen LogP contribution in [0.5, 0.6) is 0 Å². The van der Waals surface area contributed by atoms with Gasteiger partial charge in [-0.2, -0.15) is 0 Å². The SMILES string of the molecule is O=C(Cc1ccc(-n2cccc2CCO)cc1)N(Cc1ccccc1)C1C=CS(=O)C1. The second-order valence-electron chi connectivity index (χ2n) is 7.64. The highest BCUT2D eigenvalue weighted by Gasteiger charge is 2.26. The first-order chi connectivity index (χ1) is 15.1. The first-order valence-corrected chi connectivity index (χ1v) is 11.8. The molecule has 0 bridgehead atoms. The zero-order valence-corrected chi connectivity index (χ0v) is 18.1. The summed E-state index contributed by atoms with van der Waals surface area (Å²) in [6.45, 7) is 0.603. The van der Waals surface area contributed by atoms with E-state index in [1.165, 1.54) is 0 Å². The molecule has 2 unspecified atom stereocenters. The Morgan fingerprint density at radius 3 is 2.48 bits per heavy atom. The van der Waals surface area contributed by atoms with E-state index in [1.807, 2.05) is 88.5 Å². The lowest BCUT2D eigenvalue weighted by atomic mass is 10.1. The van der Waals surface area contributed by atoms with E-state index < -0.39 is 10.8 Å². The zero-order chi connectivity index (χ0) is 21.6. The van der Waals surface area contributed by atoms with Crippen LogP contribution in [0, 0.1) is 0 Å². The smallest absolute Gasteiger partial charge is 0.227 e. The van der Waals surface area contributed by atoms with Crippen LogP contribution in [-0.2, 0) is 35.0 Å². The lowest BCUT2D eigenvalue weighted by Crippen LogP contribution is -2.40. The van der Waals surface area contributed by atoms with Gasteiger partial charge < -0.3 is 14.6 Å². The van der Waals surface area contributed by atoms with Crippen LogP contribution in [0.25, 0.3) is 5.69 Å². The standard InChI is InChI=1S/C25H26N2O3S/c28-15-12-22-7-4-14-26(22)23-10-8-20(9-11-23)17-25(29)27(24-13-16-31(30)19-24)18-21-5-2-1-3-6-21/h1-11,13-14,16,24,28H,12,15,17-19H2. The van der Waals surface area contributed by atoms with Crippen molar-refractivity contribution in [1.82, 2.24) is 9.47 Å². The first kappa shape index (κ1) is 21.3. The average Bonchev–Trinajstić information content (AvgIpc) is 3.42. The summed E-state index contributed by atoms with van der Waals surface area (Å²) < 4.78 is 13.9. The Morgan fingerprint density at radius 1 is 1.03 bits per heavy atom. The molecule has 0 spiro atoms. The molecule has 2 atom stereocenters. The number of aromatic nitrogens is 1. The molecule has 0 saturated heterocycles. The van der Waals surface area contributed by atoms with Gasteiger partial charge in [0.1, 0.15) is 0 Å². The fourth-order valence-electron chi connectivity index (χ4n) is 3.86. The van der Waals surface area contributed by atoms with Crippen molar-refractivity contribution in [3.8, 4) is 5.69 Å². The molecule has 0 fully saturated rings. The van der Waals surface area contributed by atoms with Crippen molar-refractivity contribution in [2.75, 3.05) is 12.4 Å². The Kier molecular flexibility index (Phi) is 6.79. The van der Waals surface area contributed by atoms with Crippen LogP contribution in [0.1, 0.15) is 16.8 Å². The van der Waals surface area contributed by atoms with E-state index in [0.29, 0.717) is 25.1 Å². The second kappa shape index (κ2) is 9.90. The number of hydrogen-bond donors (Lipinski definition) is 1. The Labute approximate surface area is 185 Å². The van der Waals surface area contributed by atoms with Crippen LogP contribution >= 0.6 is 0 Å². The molecule has 31 heavy (non-hydrogen) atoms. The highest BCUT2D eigenvalue weighted by Crippen LogP contribution is 2.19. The summed E-state index contributed by atoms with van der Waals surface area (Å²) in [7, 11) is -1.01. The molecule has 3 aromatic rings. The van der Waals surface area contributed by atoms with Crippen molar-refractivity contribution in [2.24, 2.45) is 0 Å². The molecule has 160 valence electrons. The van der Waals surface area contributed by atoms with Crippen LogP contribution in [0.15, 0.2) is 84.4 Å². The summed E-state index contributed by atoms with van der Waals surface area (Å²) in [5, 5.41) is 10.9. The van der Waals surface area contributed by atoms with Gasteiger partial charge in [-0.05, 0) is 35.4 Å². The third kappa shape index (κ3) is 5.21. The van der Waals surface area contributed by atoms with Gasteiger partial charge in [0.25, 0.3) is 0 Å². The highest BCUT2D eigenvalue weighted by molar-refractivity contribution is 7.88. The molecular weight excluding hydrogens is 408 g/mol. The van der Waals surface area contributed by atoms with E-state index >= 15 is 0 Å². The van der Waals surface area contributed by atoms with Crippen molar-refractivity contribution < 1.29 is 14.1 Å². The van der Waals surface area contributed by atoms with E-state index in [1.54, 1.807) is 5.41 Å². The lowest BCUT2D eigenvalue weighted by Gasteiger charge is -2.28. The van der Waals surface area contributed by atoms with Gasteiger partial charge in [0.2, 0.25) is 5.91 Å². The van der Waals surface area contributed by atoms with Gasteiger partial charge in [-0.15, -0.1) is 0 Å². The van der Waals surface area contributed by atoms with Crippen molar-refractivity contribution >= 4 is 16.7 Å². The van der Waals surface area contributed by atoms with Crippen LogP contribution in [0.3, 0.4) is 0 Å². The molecule has 0 saturated carbocycles. The average molecular weight is 435 g/mol. The number of aliphatic hydroxyl groups excluding tert-OH is 1. The molecule has 1 aromatic heterocycles. The maximum Gasteiger partial charge on any atom is 0.227 e. The zero-order valence-electron chi connectivity index (χ0n) is 17.3. The van der Waals surface area contributed by atoms with Crippen molar-refractivity contribution in [3.63, 3.8) is 0 Å². The molecule has 2 aromatic carbocycles. The largest absolute Gasteiger partial charge is 0.396 e. The summed E-state index contributed by atoms with van der Waals surface area (Å²) in [4.78, 5) is 15.1. The van der Waals surface area contributed by atoms with E-state index in [9.17, 15) is 14.1 Å². The third-order valence-electron chi connectivity index (χ3n) is 5.47. The van der Waals surface area contributed by atoms with Crippen molar-refractivity contribution in [2.45, 2.75) is 25.4 Å². The fraction of sp³-hybridized carbons (Fsp3) is 0.240. The predicted octanol–water partition coefficient (Wildman–Crippen LogP) is 3.23. The van der Waals surface area contributed by atoms with Gasteiger partial charge in [0.15, 0.2) is 0 Å². The lowest BCUT2D eigenvalue weighted by molar-refractivity contribution is -0.132. The minimum absolute atomic E-state index is 0.0205. The molecule has 1 aliphatic rings. The molecule has 1 N–H and O–H groups in total. The number of aliphatic hydroxyl groups is 1. The van der Waals surface area contributed by atoms with Gasteiger partial charge in [0.05, 0.1) is 18.2 Å². The molecule has 5 nitrogen and oxygen atoms in total. The first-order valence-electron chi connectivity index (χ1n) is 10.4. The normalized spacial score (nSPS) is 17.7. The Bertz CT molecular complexity index is 1070. The van der Waals surface area contributed by atoms with Gasteiger partial charge in [-0.25, -0.2) is 0 Å². The van der Waals surface area contributed by atoms with E-state index in [0.717, 1.165) is 22.5 Å². The summed E-state index contributed by atoms with van der Waals surface area (Å²) in [6.07, 6.45) is 4.74. The number of amides is 1. The molecular formula is C25H26N2O3S. The number of carbonyl (C=O) groups excluding carboxylic acids is 1. The van der Waals surface area contributed by atoms with Crippen LogP contribution < -0.4 is 0 Å². The molecule has 0 radical (unpaired) electrons. The number of nitrogens with zero attached hydrogens (tertiary/aromatic N) is 2. The quantitative estimate of drug-likeness (QED) is 0.592. The molecule has 6 heteroatoms. The maximum atomic E-state index is 13.2. The van der Waals surface area contributed by atoms with Crippen LogP contribution in [0.4, 0.5) is 0 Å². The summed E-state index contributed by atoms with van der Waals surface area (Å²) in [5.74, 6) is 0.478. The summed E-state index contributed by atoms with van der Waals surface area (Å²) in [6, 6.07) is 21.6. The Morgan fingerprint density at radius 2 is 1.81 bits per heavy atom. The van der Waals surface area contributed by atoms with E-state index in [-0.39, 0.29) is 18.6 Å². The minimum Gasteiger partial charge on any atom is -0.396 e. The van der Waals surface area contributed by atoms with E-state index in [4.69, 9.17) is 0 Å². The Hall–Kier alpha value is -2.96. The number of rotatable bonds is 8. The number of hydrogen-bond acceptors (Lipinski definition) is 3.